The highest BCUT2D eigenvalue weighted by atomic mass is 16.5. The Morgan fingerprint density at radius 3 is 1.92 bits per heavy atom. The minimum atomic E-state index is -0.426. The summed E-state index contributed by atoms with van der Waals surface area (Å²) < 4.78 is 5.16. The van der Waals surface area contributed by atoms with Gasteiger partial charge in [-0.2, -0.15) is 0 Å². The molecule has 0 aromatic heterocycles. The Hall–Kier alpha value is -3.80. The predicted octanol–water partition coefficient (Wildman–Crippen LogP) is 4.50. The molecule has 0 aliphatic rings. The third-order valence-electron chi connectivity index (χ3n) is 3.18. The maximum Gasteiger partial charge on any atom is 0.343 e. The first-order valence-corrected chi connectivity index (χ1v) is 7.69. The van der Waals surface area contributed by atoms with Crippen molar-refractivity contribution in [3.63, 3.8) is 0 Å². The molecular weight excluding hydrogens is 332 g/mol. The van der Waals surface area contributed by atoms with Crippen LogP contribution in [0.5, 0.6) is 5.75 Å². The van der Waals surface area contributed by atoms with E-state index in [1.54, 1.807) is 60.7 Å². The minimum absolute atomic E-state index is 0.403. The monoisotopic (exact) mass is 348 g/mol. The average molecular weight is 348 g/mol. The summed E-state index contributed by atoms with van der Waals surface area (Å²) in [5, 5.41) is 2.54. The van der Waals surface area contributed by atoms with Crippen LogP contribution in [0.3, 0.4) is 0 Å². The number of nitrogens with zero attached hydrogens (tertiary/aromatic N) is 1. The molecule has 0 radical (unpaired) electrons. The molecule has 0 saturated carbocycles. The molecule has 130 valence electrons. The van der Waals surface area contributed by atoms with Crippen LogP contribution in [0.4, 0.5) is 5.69 Å². The quantitative estimate of drug-likeness (QED) is 0.241. The molecule has 0 aliphatic heterocycles. The molecule has 6 nitrogen and oxygen atoms in total. The zero-order chi connectivity index (χ0) is 18.6. The van der Waals surface area contributed by atoms with Crippen LogP contribution < -0.4 is 10.2 Å². The molecule has 0 heterocycles. The van der Waals surface area contributed by atoms with Gasteiger partial charge >= 0.3 is 5.97 Å². The van der Waals surface area contributed by atoms with Crippen LogP contribution in [-0.4, -0.2) is 12.3 Å². The van der Waals surface area contributed by atoms with E-state index in [-0.39, 0.29) is 0 Å². The van der Waals surface area contributed by atoms with Gasteiger partial charge in [0.2, 0.25) is 0 Å². The van der Waals surface area contributed by atoms with Gasteiger partial charge in [0.05, 0.1) is 16.5 Å². The summed E-state index contributed by atoms with van der Waals surface area (Å²) >= 11 is 0. The number of nitroso groups, excluding NO2 is 1. The van der Waals surface area contributed by atoms with Crippen molar-refractivity contribution in [3.8, 4) is 5.75 Å². The van der Waals surface area contributed by atoms with Gasteiger partial charge in [-0.3, -0.25) is 4.79 Å². The van der Waals surface area contributed by atoms with Crippen molar-refractivity contribution in [1.82, 2.24) is 0 Å². The zero-order valence-electron chi connectivity index (χ0n) is 13.7. The summed E-state index contributed by atoms with van der Waals surface area (Å²) in [4.78, 5) is 31.7. The van der Waals surface area contributed by atoms with Gasteiger partial charge in [-0.05, 0) is 36.4 Å². The molecule has 0 amide bonds. The average Bonchev–Trinajstić information content (AvgIpc) is 2.71. The molecule has 6 heteroatoms. The van der Waals surface area contributed by atoms with Crippen molar-refractivity contribution in [2.75, 3.05) is 5.43 Å². The van der Waals surface area contributed by atoms with Gasteiger partial charge in [-0.15, -0.1) is 4.91 Å². The van der Waals surface area contributed by atoms with E-state index in [4.69, 9.17) is 4.74 Å². The van der Waals surface area contributed by atoms with Crippen LogP contribution >= 0.6 is 0 Å². The SMILES string of the molecule is O=Cc1ccccc1.O=NNc1ccc(OC(=O)c2ccccc2)cc1. The van der Waals surface area contributed by atoms with E-state index in [0.29, 0.717) is 17.0 Å². The molecule has 0 spiro atoms. The number of anilines is 1. The number of benzene rings is 3. The van der Waals surface area contributed by atoms with Gasteiger partial charge in [0.25, 0.3) is 0 Å². The van der Waals surface area contributed by atoms with Gasteiger partial charge < -0.3 is 4.74 Å². The molecule has 1 N–H and O–H groups in total. The van der Waals surface area contributed by atoms with Crippen molar-refractivity contribution in [2.45, 2.75) is 0 Å². The van der Waals surface area contributed by atoms with Crippen molar-refractivity contribution in [1.29, 1.82) is 0 Å². The first kappa shape index (κ1) is 18.5. The summed E-state index contributed by atoms with van der Waals surface area (Å²) in [5.74, 6) is -0.0230. The Balaban J connectivity index is 0.000000254. The number of hydrogen-bond donors (Lipinski definition) is 1. The smallest absolute Gasteiger partial charge is 0.343 e. The van der Waals surface area contributed by atoms with E-state index in [1.807, 2.05) is 24.3 Å². The summed E-state index contributed by atoms with van der Waals surface area (Å²) in [5.41, 5.74) is 3.99. The number of aldehydes is 1. The fourth-order valence-electron chi connectivity index (χ4n) is 1.92. The first-order valence-electron chi connectivity index (χ1n) is 7.69. The van der Waals surface area contributed by atoms with Gasteiger partial charge in [-0.1, -0.05) is 48.5 Å². The van der Waals surface area contributed by atoms with E-state index >= 15 is 0 Å². The largest absolute Gasteiger partial charge is 0.423 e. The standard InChI is InChI=1S/C13H10N2O3.C7H6O/c16-13(10-4-2-1-3-5-10)18-12-8-6-11(7-9-12)14-15-17;8-6-7-4-2-1-3-5-7/h1-9H,(H,14,17);1-6H. The lowest BCUT2D eigenvalue weighted by Crippen LogP contribution is -2.07. The van der Waals surface area contributed by atoms with Crippen molar-refractivity contribution in [3.05, 3.63) is 101 Å². The molecule has 0 bridgehead atoms. The fraction of sp³-hybridized carbons (Fsp3) is 0. The summed E-state index contributed by atoms with van der Waals surface area (Å²) in [6.07, 6.45) is 0.833. The number of ether oxygens (including phenoxy) is 1. The van der Waals surface area contributed by atoms with Crippen LogP contribution in [0.1, 0.15) is 20.7 Å². The predicted molar refractivity (Wildman–Crippen MR) is 99.1 cm³/mol. The maximum atomic E-state index is 11.7. The van der Waals surface area contributed by atoms with Gasteiger partial charge in [0.15, 0.2) is 0 Å². The lowest BCUT2D eigenvalue weighted by Gasteiger charge is -2.04. The van der Waals surface area contributed by atoms with Crippen LogP contribution in [0.2, 0.25) is 0 Å². The number of rotatable bonds is 5. The summed E-state index contributed by atoms with van der Waals surface area (Å²) in [7, 11) is 0. The molecule has 0 atom stereocenters. The highest BCUT2D eigenvalue weighted by Gasteiger charge is 2.07. The third-order valence-corrected chi connectivity index (χ3v) is 3.18. The van der Waals surface area contributed by atoms with Crippen molar-refractivity contribution in [2.24, 2.45) is 5.29 Å². The van der Waals surface area contributed by atoms with E-state index in [2.05, 4.69) is 10.7 Å². The Labute approximate surface area is 150 Å². The van der Waals surface area contributed by atoms with E-state index < -0.39 is 5.97 Å². The van der Waals surface area contributed by atoms with E-state index in [1.165, 1.54) is 0 Å². The number of carbonyl (C=O) groups is 2. The minimum Gasteiger partial charge on any atom is -0.423 e. The maximum absolute atomic E-state index is 11.7. The Kier molecular flexibility index (Phi) is 7.23. The molecule has 3 aromatic carbocycles. The van der Waals surface area contributed by atoms with Gasteiger partial charge in [-0.25, -0.2) is 10.2 Å². The molecule has 0 aliphatic carbocycles. The lowest BCUT2D eigenvalue weighted by molar-refractivity contribution is 0.0734. The number of hydrogen-bond acceptors (Lipinski definition) is 5. The van der Waals surface area contributed by atoms with Gasteiger partial charge in [0.1, 0.15) is 12.0 Å². The normalized spacial score (nSPS) is 9.23. The summed E-state index contributed by atoms with van der Waals surface area (Å²) in [6.45, 7) is 0. The molecule has 26 heavy (non-hydrogen) atoms. The third kappa shape index (κ3) is 6.01. The van der Waals surface area contributed by atoms with Crippen molar-refractivity contribution >= 4 is 17.9 Å². The lowest BCUT2D eigenvalue weighted by atomic mass is 10.2. The van der Waals surface area contributed by atoms with E-state index in [0.717, 1.165) is 11.8 Å². The first-order chi connectivity index (χ1) is 12.7. The van der Waals surface area contributed by atoms with Crippen LogP contribution in [0.25, 0.3) is 0 Å². The molecule has 0 fully saturated rings. The Bertz CT molecular complexity index is 835. The summed E-state index contributed by atoms with van der Waals surface area (Å²) in [6, 6.07) is 24.1. The van der Waals surface area contributed by atoms with Crippen LogP contribution in [0, 0.1) is 4.91 Å². The molecule has 3 aromatic rings. The van der Waals surface area contributed by atoms with Crippen molar-refractivity contribution < 1.29 is 14.3 Å². The molecule has 3 rings (SSSR count). The topological polar surface area (TPSA) is 84.8 Å². The van der Waals surface area contributed by atoms with Crippen LogP contribution in [0.15, 0.2) is 90.2 Å². The highest BCUT2D eigenvalue weighted by Crippen LogP contribution is 2.17. The van der Waals surface area contributed by atoms with Gasteiger partial charge in [0, 0.05) is 5.56 Å². The number of esters is 1. The van der Waals surface area contributed by atoms with E-state index in [9.17, 15) is 14.5 Å². The van der Waals surface area contributed by atoms with Crippen LogP contribution in [-0.2, 0) is 0 Å². The Morgan fingerprint density at radius 2 is 1.42 bits per heavy atom. The Morgan fingerprint density at radius 1 is 0.846 bits per heavy atom. The highest BCUT2D eigenvalue weighted by molar-refractivity contribution is 5.91. The second-order valence-electron chi connectivity index (χ2n) is 5.01. The second kappa shape index (κ2) is 10.1. The molecular formula is C20H16N2O4. The second-order valence-corrected chi connectivity index (χ2v) is 5.01. The number of nitrogens with one attached hydrogen (secondary N) is 1. The molecule has 0 unspecified atom stereocenters. The zero-order valence-corrected chi connectivity index (χ0v) is 13.7. The number of carbonyl (C=O) groups excluding carboxylic acids is 2. The molecule has 0 saturated heterocycles. The fourth-order valence-corrected chi connectivity index (χ4v) is 1.92.